The maximum Gasteiger partial charge on any atom is -0.0184 e. The summed E-state index contributed by atoms with van der Waals surface area (Å²) in [6.45, 7) is 4.55. The summed E-state index contributed by atoms with van der Waals surface area (Å²) in [5.74, 6) is 0.671. The van der Waals surface area contributed by atoms with E-state index in [2.05, 4.69) is 68.4 Å². The van der Waals surface area contributed by atoms with Crippen LogP contribution < -0.4 is 0 Å². The fraction of sp³-hybridized carbons (Fsp3) is 0.294. The Morgan fingerprint density at radius 1 is 0.824 bits per heavy atom. The molecule has 0 aliphatic rings. The highest BCUT2D eigenvalue weighted by Gasteiger charge is 2.04. The molecule has 0 saturated carbocycles. The zero-order valence-electron chi connectivity index (χ0n) is 10.7. The van der Waals surface area contributed by atoms with Gasteiger partial charge >= 0.3 is 0 Å². The van der Waals surface area contributed by atoms with Crippen molar-refractivity contribution in [1.82, 2.24) is 0 Å². The van der Waals surface area contributed by atoms with E-state index in [0.717, 1.165) is 0 Å². The fourth-order valence-electron chi connectivity index (χ4n) is 2.23. The first kappa shape index (κ1) is 11.9. The Balaban J connectivity index is 2.19. The van der Waals surface area contributed by atoms with Gasteiger partial charge in [0.25, 0.3) is 0 Å². The van der Waals surface area contributed by atoms with E-state index in [1.54, 1.807) is 0 Å². The van der Waals surface area contributed by atoms with Crippen molar-refractivity contribution in [3.63, 3.8) is 0 Å². The van der Waals surface area contributed by atoms with Gasteiger partial charge in [-0.15, -0.1) is 0 Å². The number of hydrogen-bond donors (Lipinski definition) is 0. The number of rotatable bonds is 4. The molecular weight excluding hydrogens is 204 g/mol. The molecule has 0 spiro atoms. The highest BCUT2D eigenvalue weighted by atomic mass is 14.1. The first-order valence-corrected chi connectivity index (χ1v) is 6.46. The van der Waals surface area contributed by atoms with Crippen LogP contribution in [0, 0.1) is 0 Å². The van der Waals surface area contributed by atoms with E-state index in [1.807, 2.05) is 0 Å². The van der Waals surface area contributed by atoms with Crippen LogP contribution in [0.1, 0.15) is 38.2 Å². The van der Waals surface area contributed by atoms with E-state index in [1.165, 1.54) is 29.5 Å². The van der Waals surface area contributed by atoms with Gasteiger partial charge in [0, 0.05) is 0 Å². The van der Waals surface area contributed by atoms with Crippen LogP contribution in [-0.4, -0.2) is 0 Å². The highest BCUT2D eigenvalue weighted by Crippen LogP contribution is 2.24. The van der Waals surface area contributed by atoms with E-state index < -0.39 is 0 Å². The lowest BCUT2D eigenvalue weighted by molar-refractivity contribution is 0.665. The highest BCUT2D eigenvalue weighted by molar-refractivity contribution is 5.63. The van der Waals surface area contributed by atoms with Crippen LogP contribution in [0.2, 0.25) is 0 Å². The van der Waals surface area contributed by atoms with Crippen LogP contribution in [0.3, 0.4) is 0 Å². The molecule has 0 bridgehead atoms. The molecule has 0 aliphatic carbocycles. The molecule has 0 aromatic heterocycles. The van der Waals surface area contributed by atoms with E-state index in [4.69, 9.17) is 0 Å². The standard InChI is InChI=1S/C17H20/c1-3-7-14(2)15-10-12-17(13-11-15)16-8-5-4-6-9-16/h4-6,8-14H,3,7H2,1-2H3. The summed E-state index contributed by atoms with van der Waals surface area (Å²) in [5, 5.41) is 0. The molecule has 1 unspecified atom stereocenters. The molecule has 0 saturated heterocycles. The van der Waals surface area contributed by atoms with Crippen LogP contribution in [-0.2, 0) is 0 Å². The van der Waals surface area contributed by atoms with Crippen molar-refractivity contribution < 1.29 is 0 Å². The Morgan fingerprint density at radius 3 is 2.00 bits per heavy atom. The van der Waals surface area contributed by atoms with Gasteiger partial charge in [0.1, 0.15) is 0 Å². The molecule has 0 heteroatoms. The largest absolute Gasteiger partial charge is 0.0654 e. The van der Waals surface area contributed by atoms with Crippen molar-refractivity contribution in [3.8, 4) is 11.1 Å². The summed E-state index contributed by atoms with van der Waals surface area (Å²) in [5.41, 5.74) is 4.05. The quantitative estimate of drug-likeness (QED) is 0.664. The van der Waals surface area contributed by atoms with Gasteiger partial charge in [-0.1, -0.05) is 74.9 Å². The smallest absolute Gasteiger partial charge is 0.0184 e. The maximum absolute atomic E-state index is 2.31. The van der Waals surface area contributed by atoms with Gasteiger partial charge in [0.2, 0.25) is 0 Å². The van der Waals surface area contributed by atoms with Crippen molar-refractivity contribution in [3.05, 3.63) is 60.2 Å². The second-order valence-corrected chi connectivity index (χ2v) is 4.68. The normalized spacial score (nSPS) is 12.4. The lowest BCUT2D eigenvalue weighted by Gasteiger charge is -2.11. The molecule has 0 amide bonds. The lowest BCUT2D eigenvalue weighted by Crippen LogP contribution is -1.92. The van der Waals surface area contributed by atoms with Crippen LogP contribution in [0.5, 0.6) is 0 Å². The molecule has 0 nitrogen and oxygen atoms in total. The average molecular weight is 224 g/mol. The minimum absolute atomic E-state index is 0.671. The topological polar surface area (TPSA) is 0 Å². The van der Waals surface area contributed by atoms with Gasteiger partial charge in [0.05, 0.1) is 0 Å². The van der Waals surface area contributed by atoms with E-state index in [-0.39, 0.29) is 0 Å². The van der Waals surface area contributed by atoms with E-state index >= 15 is 0 Å². The van der Waals surface area contributed by atoms with Crippen molar-refractivity contribution in [2.75, 3.05) is 0 Å². The molecule has 2 aromatic rings. The molecule has 2 aromatic carbocycles. The Kier molecular flexibility index (Phi) is 3.98. The second kappa shape index (κ2) is 5.67. The summed E-state index contributed by atoms with van der Waals surface area (Å²) in [7, 11) is 0. The predicted octanol–water partition coefficient (Wildman–Crippen LogP) is 5.26. The first-order valence-electron chi connectivity index (χ1n) is 6.46. The van der Waals surface area contributed by atoms with Crippen LogP contribution >= 0.6 is 0 Å². The zero-order valence-corrected chi connectivity index (χ0v) is 10.7. The van der Waals surface area contributed by atoms with Crippen molar-refractivity contribution in [2.45, 2.75) is 32.6 Å². The van der Waals surface area contributed by atoms with Crippen LogP contribution in [0.4, 0.5) is 0 Å². The van der Waals surface area contributed by atoms with Crippen LogP contribution in [0.25, 0.3) is 11.1 Å². The maximum atomic E-state index is 2.31. The molecule has 0 N–H and O–H groups in total. The van der Waals surface area contributed by atoms with Crippen molar-refractivity contribution in [1.29, 1.82) is 0 Å². The summed E-state index contributed by atoms with van der Waals surface area (Å²) in [6, 6.07) is 19.5. The fourth-order valence-corrected chi connectivity index (χ4v) is 2.23. The predicted molar refractivity (Wildman–Crippen MR) is 75.2 cm³/mol. The van der Waals surface area contributed by atoms with Gasteiger partial charge in [-0.2, -0.15) is 0 Å². The molecule has 0 radical (unpaired) electrons. The first-order chi connectivity index (χ1) is 8.31. The summed E-state index contributed by atoms with van der Waals surface area (Å²) < 4.78 is 0. The van der Waals surface area contributed by atoms with Gasteiger partial charge in [-0.3, -0.25) is 0 Å². The van der Waals surface area contributed by atoms with Gasteiger partial charge in [-0.05, 0) is 29.0 Å². The molecule has 88 valence electrons. The molecule has 0 aliphatic heterocycles. The molecular formula is C17H20. The van der Waals surface area contributed by atoms with E-state index in [0.29, 0.717) is 5.92 Å². The van der Waals surface area contributed by atoms with Gasteiger partial charge < -0.3 is 0 Å². The summed E-state index contributed by atoms with van der Waals surface area (Å²) >= 11 is 0. The zero-order chi connectivity index (χ0) is 12.1. The van der Waals surface area contributed by atoms with Gasteiger partial charge in [0.15, 0.2) is 0 Å². The average Bonchev–Trinajstić information content (AvgIpc) is 2.40. The minimum atomic E-state index is 0.671. The van der Waals surface area contributed by atoms with Crippen molar-refractivity contribution in [2.24, 2.45) is 0 Å². The second-order valence-electron chi connectivity index (χ2n) is 4.68. The van der Waals surface area contributed by atoms with Gasteiger partial charge in [-0.25, -0.2) is 0 Å². The van der Waals surface area contributed by atoms with Crippen molar-refractivity contribution >= 4 is 0 Å². The molecule has 17 heavy (non-hydrogen) atoms. The third kappa shape index (κ3) is 2.97. The molecule has 0 fully saturated rings. The number of benzene rings is 2. The Morgan fingerprint density at radius 2 is 1.41 bits per heavy atom. The third-order valence-electron chi connectivity index (χ3n) is 3.31. The summed E-state index contributed by atoms with van der Waals surface area (Å²) in [6.07, 6.45) is 2.52. The molecule has 1 atom stereocenters. The molecule has 0 heterocycles. The monoisotopic (exact) mass is 224 g/mol. The third-order valence-corrected chi connectivity index (χ3v) is 3.31. The molecule has 2 rings (SSSR count). The Labute approximate surface area is 104 Å². The Hall–Kier alpha value is -1.56. The minimum Gasteiger partial charge on any atom is -0.0654 e. The number of hydrogen-bond acceptors (Lipinski definition) is 0. The summed E-state index contributed by atoms with van der Waals surface area (Å²) in [4.78, 5) is 0. The Bertz CT molecular complexity index is 439. The van der Waals surface area contributed by atoms with E-state index in [9.17, 15) is 0 Å². The lowest BCUT2D eigenvalue weighted by atomic mass is 9.94. The van der Waals surface area contributed by atoms with Crippen LogP contribution in [0.15, 0.2) is 54.6 Å². The SMILES string of the molecule is CCCC(C)c1ccc(-c2ccccc2)cc1.